The number of carbonyl (C=O) groups excluding carboxylic acids is 2. The zero-order valence-electron chi connectivity index (χ0n) is 13.2. The molecule has 6 rings (SSSR count). The predicted molar refractivity (Wildman–Crippen MR) is 87.2 cm³/mol. The molecule has 1 aliphatic heterocycles. The van der Waals surface area contributed by atoms with Gasteiger partial charge in [0.05, 0.1) is 23.0 Å². The van der Waals surface area contributed by atoms with Crippen LogP contribution in [0.3, 0.4) is 0 Å². The van der Waals surface area contributed by atoms with E-state index in [9.17, 15) is 19.7 Å². The molecule has 1 heterocycles. The van der Waals surface area contributed by atoms with Crippen LogP contribution in [0.4, 0.5) is 5.69 Å². The molecule has 6 unspecified atom stereocenters. The van der Waals surface area contributed by atoms with E-state index >= 15 is 0 Å². The lowest BCUT2D eigenvalue weighted by atomic mass is 9.63. The fourth-order valence-electron chi connectivity index (χ4n) is 4.90. The molecule has 5 aliphatic rings. The zero-order valence-corrected chi connectivity index (χ0v) is 13.2. The van der Waals surface area contributed by atoms with Crippen molar-refractivity contribution in [2.24, 2.45) is 40.6 Å². The van der Waals surface area contributed by atoms with E-state index in [1.54, 1.807) is 12.1 Å². The molecule has 0 spiro atoms. The fraction of sp³-hybridized carbons (Fsp3) is 0.389. The summed E-state index contributed by atoms with van der Waals surface area (Å²) >= 11 is 0. The van der Waals surface area contributed by atoms with Crippen molar-refractivity contribution in [2.75, 3.05) is 0 Å². The van der Waals surface area contributed by atoms with Gasteiger partial charge in [-0.2, -0.15) is 10.1 Å². The van der Waals surface area contributed by atoms with Gasteiger partial charge < -0.3 is 0 Å². The highest BCUT2D eigenvalue weighted by Gasteiger charge is 2.67. The highest BCUT2D eigenvalue weighted by atomic mass is 16.6. The van der Waals surface area contributed by atoms with E-state index in [4.69, 9.17) is 0 Å². The number of nitro benzene ring substituents is 1. The number of hydrogen-bond donors (Lipinski definition) is 0. The summed E-state index contributed by atoms with van der Waals surface area (Å²) in [5.41, 5.74) is 0.424. The third kappa shape index (κ3) is 1.95. The maximum Gasteiger partial charge on any atom is 0.270 e. The van der Waals surface area contributed by atoms with Gasteiger partial charge >= 0.3 is 0 Å². The highest BCUT2D eigenvalue weighted by molar-refractivity contribution is 6.06. The van der Waals surface area contributed by atoms with E-state index < -0.39 is 4.92 Å². The molecular weight excluding hydrogens is 322 g/mol. The summed E-state index contributed by atoms with van der Waals surface area (Å²) in [6.07, 6.45) is 6.68. The van der Waals surface area contributed by atoms with Crippen molar-refractivity contribution in [3.8, 4) is 0 Å². The second-order valence-electron chi connectivity index (χ2n) is 7.24. The average Bonchev–Trinajstić information content (AvgIpc) is 3.39. The number of amides is 2. The molecule has 2 bridgehead atoms. The molecule has 7 nitrogen and oxygen atoms in total. The number of hydrogen-bond acceptors (Lipinski definition) is 5. The Morgan fingerprint density at radius 2 is 1.76 bits per heavy atom. The largest absolute Gasteiger partial charge is 0.272 e. The Labute approximate surface area is 143 Å². The minimum Gasteiger partial charge on any atom is -0.272 e. The molecule has 3 fully saturated rings. The molecule has 0 N–H and O–H groups in total. The van der Waals surface area contributed by atoms with Crippen molar-refractivity contribution in [1.82, 2.24) is 5.01 Å². The first-order valence-electron chi connectivity index (χ1n) is 8.41. The lowest BCUT2D eigenvalue weighted by Gasteiger charge is -2.37. The van der Waals surface area contributed by atoms with Crippen molar-refractivity contribution in [1.29, 1.82) is 0 Å². The molecule has 126 valence electrons. The first-order valence-corrected chi connectivity index (χ1v) is 8.41. The number of non-ortho nitro benzene ring substituents is 1. The Morgan fingerprint density at radius 1 is 1.12 bits per heavy atom. The third-order valence-corrected chi connectivity index (χ3v) is 6.04. The number of allylic oxidation sites excluding steroid dienone is 2. The van der Waals surface area contributed by atoms with Crippen LogP contribution in [0.5, 0.6) is 0 Å². The van der Waals surface area contributed by atoms with Crippen LogP contribution in [-0.2, 0) is 9.59 Å². The molecule has 0 aromatic heterocycles. The summed E-state index contributed by atoms with van der Waals surface area (Å²) in [6, 6.07) is 5.94. The van der Waals surface area contributed by atoms with Crippen molar-refractivity contribution < 1.29 is 14.5 Å². The minimum atomic E-state index is -0.492. The number of rotatable bonds is 3. The molecule has 0 radical (unpaired) electrons. The van der Waals surface area contributed by atoms with Crippen LogP contribution in [0.2, 0.25) is 0 Å². The van der Waals surface area contributed by atoms with E-state index in [1.165, 1.54) is 18.3 Å². The molecule has 1 aromatic rings. The molecule has 1 saturated heterocycles. The number of carbonyl (C=O) groups is 2. The van der Waals surface area contributed by atoms with Crippen LogP contribution >= 0.6 is 0 Å². The minimum absolute atomic E-state index is 0.0565. The maximum absolute atomic E-state index is 12.7. The van der Waals surface area contributed by atoms with Gasteiger partial charge in [0.25, 0.3) is 17.5 Å². The second kappa shape index (κ2) is 4.84. The number of nitrogens with zero attached hydrogens (tertiary/aromatic N) is 3. The van der Waals surface area contributed by atoms with Gasteiger partial charge in [0.15, 0.2) is 0 Å². The van der Waals surface area contributed by atoms with Gasteiger partial charge in [-0.05, 0) is 30.1 Å². The third-order valence-electron chi connectivity index (χ3n) is 6.04. The van der Waals surface area contributed by atoms with Gasteiger partial charge in [-0.15, -0.1) is 0 Å². The number of benzene rings is 1. The summed E-state index contributed by atoms with van der Waals surface area (Å²) in [5, 5.41) is 15.9. The molecule has 7 heteroatoms. The molecule has 4 aliphatic carbocycles. The van der Waals surface area contributed by atoms with E-state index in [-0.39, 0.29) is 41.2 Å². The highest BCUT2D eigenvalue weighted by Crippen LogP contribution is 2.65. The molecule has 2 saturated carbocycles. The summed E-state index contributed by atoms with van der Waals surface area (Å²) in [6.45, 7) is 0. The van der Waals surface area contributed by atoms with Gasteiger partial charge in [0, 0.05) is 17.7 Å². The zero-order chi connectivity index (χ0) is 17.3. The second-order valence-corrected chi connectivity index (χ2v) is 7.24. The first kappa shape index (κ1) is 14.5. The van der Waals surface area contributed by atoms with E-state index in [0.29, 0.717) is 17.4 Å². The Hall–Kier alpha value is -2.83. The smallest absolute Gasteiger partial charge is 0.270 e. The van der Waals surface area contributed by atoms with Gasteiger partial charge in [0.2, 0.25) is 0 Å². The first-order chi connectivity index (χ1) is 12.1. The topological polar surface area (TPSA) is 92.9 Å². The van der Waals surface area contributed by atoms with E-state index in [1.807, 2.05) is 0 Å². The lowest BCUT2D eigenvalue weighted by molar-refractivity contribution is -0.384. The quantitative estimate of drug-likeness (QED) is 0.277. The summed E-state index contributed by atoms with van der Waals surface area (Å²) in [5.74, 6) is 0.385. The number of hydrazone groups is 1. The number of imide groups is 1. The molecule has 1 aromatic carbocycles. The Bertz CT molecular complexity index is 841. The van der Waals surface area contributed by atoms with Gasteiger partial charge in [0.1, 0.15) is 0 Å². The van der Waals surface area contributed by atoms with Crippen LogP contribution in [0.25, 0.3) is 0 Å². The van der Waals surface area contributed by atoms with Crippen molar-refractivity contribution in [3.63, 3.8) is 0 Å². The van der Waals surface area contributed by atoms with Crippen LogP contribution < -0.4 is 0 Å². The monoisotopic (exact) mass is 337 g/mol. The summed E-state index contributed by atoms with van der Waals surface area (Å²) < 4.78 is 0. The predicted octanol–water partition coefficient (Wildman–Crippen LogP) is 1.98. The van der Waals surface area contributed by atoms with Crippen molar-refractivity contribution >= 4 is 23.7 Å². The summed E-state index contributed by atoms with van der Waals surface area (Å²) in [7, 11) is 0. The average molecular weight is 337 g/mol. The van der Waals surface area contributed by atoms with E-state index in [0.717, 1.165) is 11.4 Å². The Kier molecular flexibility index (Phi) is 2.81. The van der Waals surface area contributed by atoms with E-state index in [2.05, 4.69) is 17.3 Å². The fourth-order valence-corrected chi connectivity index (χ4v) is 4.90. The standard InChI is InChI=1S/C18H15N3O4/c22-17-15-11-4-5-12(14-7-13(11)14)16(15)18(23)20(17)19-8-9-2-1-3-10(6-9)21(24)25/h1-6,8,11-16H,7H2/b19-8+. The van der Waals surface area contributed by atoms with Crippen LogP contribution in [-0.4, -0.2) is 28.0 Å². The Morgan fingerprint density at radius 3 is 2.36 bits per heavy atom. The summed E-state index contributed by atoms with van der Waals surface area (Å²) in [4.78, 5) is 35.8. The number of nitro groups is 1. The normalized spacial score (nSPS) is 37.5. The van der Waals surface area contributed by atoms with Gasteiger partial charge in [-0.25, -0.2) is 0 Å². The van der Waals surface area contributed by atoms with Crippen LogP contribution in [0.1, 0.15) is 12.0 Å². The molecule has 2 amide bonds. The maximum atomic E-state index is 12.7. The van der Waals surface area contributed by atoms with Gasteiger partial charge in [-0.3, -0.25) is 19.7 Å². The lowest BCUT2D eigenvalue weighted by Crippen LogP contribution is -2.40. The molecule has 6 atom stereocenters. The SMILES string of the molecule is O=C1C2C3C=CC(C4CC34)C2C(=O)N1/N=C/c1cccc([N+](=O)[O-])c1. The molecule has 25 heavy (non-hydrogen) atoms. The molecular formula is C18H15N3O4. The van der Waals surface area contributed by atoms with Crippen LogP contribution in [0.15, 0.2) is 41.5 Å². The van der Waals surface area contributed by atoms with Crippen LogP contribution in [0, 0.1) is 45.6 Å². The Balaban J connectivity index is 1.43. The van der Waals surface area contributed by atoms with Crippen molar-refractivity contribution in [2.45, 2.75) is 6.42 Å². The van der Waals surface area contributed by atoms with Crippen molar-refractivity contribution in [3.05, 3.63) is 52.1 Å². The van der Waals surface area contributed by atoms with Gasteiger partial charge in [-0.1, -0.05) is 24.3 Å².